The number of carbonyl (C=O) groups is 2. The lowest BCUT2D eigenvalue weighted by Crippen LogP contribution is -2.23. The fourth-order valence-corrected chi connectivity index (χ4v) is 2.22. The molecular weight excluding hydrogens is 328 g/mol. The van der Waals surface area contributed by atoms with Gasteiger partial charge in [0.05, 0.1) is 7.11 Å². The van der Waals surface area contributed by atoms with Gasteiger partial charge in [0.1, 0.15) is 5.75 Å². The highest BCUT2D eigenvalue weighted by molar-refractivity contribution is 6.32. The Balaban J connectivity index is 1.97. The van der Waals surface area contributed by atoms with Crippen molar-refractivity contribution in [1.29, 1.82) is 0 Å². The Morgan fingerprint density at radius 1 is 1.08 bits per heavy atom. The molecule has 0 aliphatic heterocycles. The number of rotatable bonds is 6. The van der Waals surface area contributed by atoms with Crippen molar-refractivity contribution in [1.82, 2.24) is 0 Å². The molecule has 2 rings (SSSR count). The van der Waals surface area contributed by atoms with Gasteiger partial charge in [0.2, 0.25) is 5.78 Å². The van der Waals surface area contributed by atoms with Gasteiger partial charge in [-0.25, -0.2) is 4.79 Å². The van der Waals surface area contributed by atoms with Gasteiger partial charge in [-0.2, -0.15) is 0 Å². The van der Waals surface area contributed by atoms with Gasteiger partial charge in [-0.05, 0) is 48.9 Å². The third-order valence-electron chi connectivity index (χ3n) is 3.34. The summed E-state index contributed by atoms with van der Waals surface area (Å²) in [6.07, 6.45) is 1.91. The van der Waals surface area contributed by atoms with Crippen LogP contribution in [0.5, 0.6) is 5.75 Å². The highest BCUT2D eigenvalue weighted by atomic mass is 35.5. The molecule has 0 unspecified atom stereocenters. The van der Waals surface area contributed by atoms with E-state index < -0.39 is 12.1 Å². The molecule has 0 aliphatic rings. The maximum Gasteiger partial charge on any atom is 0.331 e. The van der Waals surface area contributed by atoms with E-state index in [0.717, 1.165) is 0 Å². The molecule has 0 fully saturated rings. The molecule has 0 amide bonds. The smallest absolute Gasteiger partial charge is 0.331 e. The van der Waals surface area contributed by atoms with Crippen LogP contribution < -0.4 is 4.74 Å². The molecule has 0 saturated heterocycles. The number of esters is 1. The van der Waals surface area contributed by atoms with Gasteiger partial charge < -0.3 is 9.47 Å². The van der Waals surface area contributed by atoms with Crippen LogP contribution in [0.3, 0.4) is 0 Å². The summed E-state index contributed by atoms with van der Waals surface area (Å²) in [5.41, 5.74) is 1.15. The number of hydrogen-bond donors (Lipinski definition) is 0. The van der Waals surface area contributed by atoms with Crippen molar-refractivity contribution in [3.8, 4) is 5.75 Å². The summed E-state index contributed by atoms with van der Waals surface area (Å²) in [6, 6.07) is 13.7. The molecule has 4 nitrogen and oxygen atoms in total. The first-order chi connectivity index (χ1) is 11.5. The monoisotopic (exact) mass is 344 g/mol. The number of benzene rings is 2. The molecule has 5 heteroatoms. The molecule has 1 atom stereocenters. The molecule has 0 radical (unpaired) electrons. The van der Waals surface area contributed by atoms with E-state index >= 15 is 0 Å². The Morgan fingerprint density at radius 3 is 2.38 bits per heavy atom. The van der Waals surface area contributed by atoms with Crippen molar-refractivity contribution in [3.05, 3.63) is 70.8 Å². The Labute approximate surface area is 145 Å². The fraction of sp³-hybridized carbons (Fsp3) is 0.158. The van der Waals surface area contributed by atoms with Crippen molar-refractivity contribution >= 4 is 29.4 Å². The van der Waals surface area contributed by atoms with Crippen molar-refractivity contribution in [2.24, 2.45) is 0 Å². The van der Waals surface area contributed by atoms with Gasteiger partial charge in [0.25, 0.3) is 0 Å². The number of methoxy groups -OCH3 is 1. The third-order valence-corrected chi connectivity index (χ3v) is 3.69. The number of ketones is 1. The average Bonchev–Trinajstić information content (AvgIpc) is 2.60. The lowest BCUT2D eigenvalue weighted by Gasteiger charge is -2.11. The maximum atomic E-state index is 12.2. The molecule has 0 bridgehead atoms. The number of halogens is 1. The minimum atomic E-state index is -0.887. The standard InChI is InChI=1S/C19H17ClO4/c1-13(19(22)15-7-10-16(23-2)11-8-15)24-18(21)12-9-14-5-3-4-6-17(14)20/h3-13H,1-2H3/b12-9+/t13-/m0/s1. The van der Waals surface area contributed by atoms with E-state index in [4.69, 9.17) is 21.1 Å². The van der Waals surface area contributed by atoms with Crippen molar-refractivity contribution in [2.75, 3.05) is 7.11 Å². The van der Waals surface area contributed by atoms with Gasteiger partial charge in [-0.3, -0.25) is 4.79 Å². The van der Waals surface area contributed by atoms with Crippen LogP contribution in [0.1, 0.15) is 22.8 Å². The van der Waals surface area contributed by atoms with Gasteiger partial charge in [-0.15, -0.1) is 0 Å². The quantitative estimate of drug-likeness (QED) is 0.448. The number of ether oxygens (including phenoxy) is 2. The second-order valence-electron chi connectivity index (χ2n) is 5.03. The van der Waals surface area contributed by atoms with E-state index in [9.17, 15) is 9.59 Å². The molecule has 2 aromatic rings. The molecule has 0 aliphatic carbocycles. The molecule has 0 heterocycles. The molecule has 0 spiro atoms. The summed E-state index contributed by atoms with van der Waals surface area (Å²) < 4.78 is 10.2. The molecule has 124 valence electrons. The summed E-state index contributed by atoms with van der Waals surface area (Å²) in [5.74, 6) is -0.236. The van der Waals surface area contributed by atoms with Gasteiger partial charge in [-0.1, -0.05) is 29.8 Å². The molecule has 0 saturated carbocycles. The Bertz CT molecular complexity index is 750. The van der Waals surface area contributed by atoms with E-state index in [1.54, 1.807) is 55.7 Å². The van der Waals surface area contributed by atoms with E-state index in [-0.39, 0.29) is 5.78 Å². The van der Waals surface area contributed by atoms with Crippen molar-refractivity contribution in [2.45, 2.75) is 13.0 Å². The van der Waals surface area contributed by atoms with Crippen LogP contribution in [-0.4, -0.2) is 25.0 Å². The summed E-state index contributed by atoms with van der Waals surface area (Å²) in [7, 11) is 1.55. The normalized spacial score (nSPS) is 12.0. The minimum Gasteiger partial charge on any atom is -0.497 e. The molecule has 0 N–H and O–H groups in total. The predicted molar refractivity (Wildman–Crippen MR) is 93.4 cm³/mol. The Morgan fingerprint density at radius 2 is 1.75 bits per heavy atom. The first kappa shape index (κ1) is 17.8. The Hall–Kier alpha value is -2.59. The minimum absolute atomic E-state index is 0.280. The van der Waals surface area contributed by atoms with E-state index in [1.165, 1.54) is 13.0 Å². The second kappa shape index (κ2) is 8.31. The average molecular weight is 345 g/mol. The van der Waals surface area contributed by atoms with Crippen LogP contribution in [0.15, 0.2) is 54.6 Å². The zero-order valence-corrected chi connectivity index (χ0v) is 14.1. The molecule has 2 aromatic carbocycles. The van der Waals surface area contributed by atoms with Crippen molar-refractivity contribution in [3.63, 3.8) is 0 Å². The van der Waals surface area contributed by atoms with Crippen molar-refractivity contribution < 1.29 is 19.1 Å². The van der Waals surface area contributed by atoms with Crippen LogP contribution >= 0.6 is 11.6 Å². The number of carbonyl (C=O) groups excluding carboxylic acids is 2. The van der Waals surface area contributed by atoms with E-state index in [0.29, 0.717) is 21.9 Å². The number of Topliss-reactive ketones (excluding diaryl/α,β-unsaturated/α-hetero) is 1. The zero-order chi connectivity index (χ0) is 17.5. The van der Waals surface area contributed by atoms with Crippen LogP contribution in [-0.2, 0) is 9.53 Å². The molecular formula is C19H17ClO4. The largest absolute Gasteiger partial charge is 0.497 e. The maximum absolute atomic E-state index is 12.2. The summed E-state index contributed by atoms with van der Waals surface area (Å²) in [5, 5.41) is 0.531. The Kier molecular flexibility index (Phi) is 6.15. The first-order valence-electron chi connectivity index (χ1n) is 7.32. The van der Waals surface area contributed by atoms with Crippen LogP contribution in [0.4, 0.5) is 0 Å². The fourth-order valence-electron chi connectivity index (χ4n) is 2.03. The molecule has 0 aromatic heterocycles. The highest BCUT2D eigenvalue weighted by Crippen LogP contribution is 2.17. The second-order valence-corrected chi connectivity index (χ2v) is 5.43. The number of hydrogen-bond acceptors (Lipinski definition) is 4. The van der Waals surface area contributed by atoms with E-state index in [1.807, 2.05) is 6.07 Å². The van der Waals surface area contributed by atoms with Crippen LogP contribution in [0.2, 0.25) is 5.02 Å². The molecule has 24 heavy (non-hydrogen) atoms. The third kappa shape index (κ3) is 4.70. The van der Waals surface area contributed by atoms with Gasteiger partial charge in [0.15, 0.2) is 6.10 Å². The summed E-state index contributed by atoms with van der Waals surface area (Å²) in [4.78, 5) is 24.1. The SMILES string of the molecule is COc1ccc(C(=O)[C@H](C)OC(=O)/C=C/c2ccccc2Cl)cc1. The van der Waals surface area contributed by atoms with E-state index in [2.05, 4.69) is 0 Å². The summed E-state index contributed by atoms with van der Waals surface area (Å²) >= 11 is 6.00. The lowest BCUT2D eigenvalue weighted by molar-refractivity contribution is -0.140. The van der Waals surface area contributed by atoms with Gasteiger partial charge in [0, 0.05) is 16.7 Å². The van der Waals surface area contributed by atoms with Gasteiger partial charge >= 0.3 is 5.97 Å². The van der Waals surface area contributed by atoms with Crippen LogP contribution in [0, 0.1) is 0 Å². The zero-order valence-electron chi connectivity index (χ0n) is 13.4. The highest BCUT2D eigenvalue weighted by Gasteiger charge is 2.18. The predicted octanol–water partition coefficient (Wildman–Crippen LogP) is 4.18. The summed E-state index contributed by atoms with van der Waals surface area (Å²) in [6.45, 7) is 1.54. The lowest BCUT2D eigenvalue weighted by atomic mass is 10.1. The topological polar surface area (TPSA) is 52.6 Å². The first-order valence-corrected chi connectivity index (χ1v) is 7.70. The van der Waals surface area contributed by atoms with Crippen LogP contribution in [0.25, 0.3) is 6.08 Å².